The molecule has 2 rings (SSSR count). The molecule has 0 radical (unpaired) electrons. The second kappa shape index (κ2) is 5.95. The summed E-state index contributed by atoms with van der Waals surface area (Å²) in [6, 6.07) is 0.465. The van der Waals surface area contributed by atoms with Gasteiger partial charge in [-0.2, -0.15) is 0 Å². The van der Waals surface area contributed by atoms with Crippen LogP contribution in [0.1, 0.15) is 37.3 Å². The zero-order valence-corrected chi connectivity index (χ0v) is 11.1. The minimum absolute atomic E-state index is 0.175. The van der Waals surface area contributed by atoms with E-state index in [1.165, 1.54) is 0 Å². The van der Waals surface area contributed by atoms with Crippen LogP contribution in [0, 0.1) is 6.92 Å². The monoisotopic (exact) mass is 251 g/mol. The van der Waals surface area contributed by atoms with E-state index < -0.39 is 0 Å². The first-order chi connectivity index (χ1) is 8.66. The molecule has 0 atom stereocenters. The van der Waals surface area contributed by atoms with Gasteiger partial charge < -0.3 is 15.2 Å². The Kier molecular flexibility index (Phi) is 4.30. The largest absolute Gasteiger partial charge is 0.353 e. The quantitative estimate of drug-likeness (QED) is 0.682. The summed E-state index contributed by atoms with van der Waals surface area (Å²) in [5, 5.41) is 14.3. The number of rotatable bonds is 7. The van der Waals surface area contributed by atoms with E-state index in [1.807, 2.05) is 18.5 Å². The highest BCUT2D eigenvalue weighted by Crippen LogP contribution is 2.18. The first kappa shape index (κ1) is 13.0. The minimum Gasteiger partial charge on any atom is -0.353 e. The fourth-order valence-electron chi connectivity index (χ4n) is 1.71. The summed E-state index contributed by atoms with van der Waals surface area (Å²) >= 11 is 0. The van der Waals surface area contributed by atoms with Crippen LogP contribution in [-0.4, -0.2) is 33.3 Å². The van der Waals surface area contributed by atoms with Gasteiger partial charge in [-0.1, -0.05) is 0 Å². The van der Waals surface area contributed by atoms with Crippen molar-refractivity contribution in [1.82, 2.24) is 25.4 Å². The Morgan fingerprint density at radius 3 is 2.83 bits per heavy atom. The molecule has 18 heavy (non-hydrogen) atoms. The standard InChI is InChI=1S/C12H21N5O/c1-9-15-16-11(17(9)2)8-13-7-3-4-12(18)14-10-5-6-10/h10,13H,3-8H2,1-2H3,(H,14,18). The highest BCUT2D eigenvalue weighted by Gasteiger charge is 2.22. The maximum Gasteiger partial charge on any atom is 0.220 e. The molecule has 0 unspecified atom stereocenters. The maximum absolute atomic E-state index is 11.4. The lowest BCUT2D eigenvalue weighted by Gasteiger charge is -2.05. The van der Waals surface area contributed by atoms with E-state index >= 15 is 0 Å². The normalized spacial score (nSPS) is 14.8. The second-order valence-corrected chi connectivity index (χ2v) is 4.84. The van der Waals surface area contributed by atoms with Gasteiger partial charge in [-0.3, -0.25) is 4.79 Å². The molecule has 0 aliphatic heterocycles. The summed E-state index contributed by atoms with van der Waals surface area (Å²) in [4.78, 5) is 11.4. The molecule has 0 spiro atoms. The molecule has 1 fully saturated rings. The molecule has 1 aromatic rings. The lowest BCUT2D eigenvalue weighted by atomic mass is 10.3. The van der Waals surface area contributed by atoms with Gasteiger partial charge in [0.2, 0.25) is 5.91 Å². The lowest BCUT2D eigenvalue weighted by Crippen LogP contribution is -2.26. The summed E-state index contributed by atoms with van der Waals surface area (Å²) in [6.45, 7) is 3.45. The van der Waals surface area contributed by atoms with Crippen LogP contribution < -0.4 is 10.6 Å². The molecular weight excluding hydrogens is 230 g/mol. The summed E-state index contributed by atoms with van der Waals surface area (Å²) in [5.41, 5.74) is 0. The molecule has 0 aromatic carbocycles. The second-order valence-electron chi connectivity index (χ2n) is 4.84. The number of carbonyl (C=O) groups is 1. The minimum atomic E-state index is 0.175. The number of aryl methyl sites for hydroxylation is 1. The topological polar surface area (TPSA) is 71.8 Å². The molecule has 1 aliphatic carbocycles. The Bertz CT molecular complexity index is 411. The number of aromatic nitrogens is 3. The maximum atomic E-state index is 11.4. The van der Waals surface area contributed by atoms with Gasteiger partial charge in [-0.15, -0.1) is 10.2 Å². The lowest BCUT2D eigenvalue weighted by molar-refractivity contribution is -0.121. The molecule has 1 amide bonds. The van der Waals surface area contributed by atoms with E-state index in [2.05, 4.69) is 20.8 Å². The first-order valence-electron chi connectivity index (χ1n) is 6.52. The van der Waals surface area contributed by atoms with Crippen molar-refractivity contribution in [1.29, 1.82) is 0 Å². The molecule has 6 nitrogen and oxygen atoms in total. The van der Waals surface area contributed by atoms with Crippen LogP contribution in [0.2, 0.25) is 0 Å². The van der Waals surface area contributed by atoms with Gasteiger partial charge in [0.25, 0.3) is 0 Å². The highest BCUT2D eigenvalue weighted by atomic mass is 16.1. The van der Waals surface area contributed by atoms with Crippen LogP contribution in [0.15, 0.2) is 0 Å². The SMILES string of the molecule is Cc1nnc(CNCCCC(=O)NC2CC2)n1C. The van der Waals surface area contributed by atoms with Gasteiger partial charge in [0, 0.05) is 19.5 Å². The molecule has 6 heteroatoms. The molecule has 1 aromatic heterocycles. The number of nitrogens with zero attached hydrogens (tertiary/aromatic N) is 3. The predicted molar refractivity (Wildman–Crippen MR) is 67.8 cm³/mol. The Labute approximate surface area is 107 Å². The molecule has 100 valence electrons. The van der Waals surface area contributed by atoms with Gasteiger partial charge in [-0.05, 0) is 32.7 Å². The number of carbonyl (C=O) groups excluding carboxylic acids is 1. The van der Waals surface area contributed by atoms with Crippen molar-refractivity contribution in [3.8, 4) is 0 Å². The average Bonchev–Trinajstić information content (AvgIpc) is 3.09. The van der Waals surface area contributed by atoms with Crippen molar-refractivity contribution in [2.75, 3.05) is 6.54 Å². The zero-order valence-electron chi connectivity index (χ0n) is 11.1. The fraction of sp³-hybridized carbons (Fsp3) is 0.750. The van der Waals surface area contributed by atoms with Gasteiger partial charge >= 0.3 is 0 Å². The van der Waals surface area contributed by atoms with Crippen molar-refractivity contribution >= 4 is 5.91 Å². The van der Waals surface area contributed by atoms with Crippen molar-refractivity contribution in [2.45, 2.75) is 45.2 Å². The smallest absolute Gasteiger partial charge is 0.220 e. The van der Waals surface area contributed by atoms with E-state index in [0.29, 0.717) is 19.0 Å². The number of hydrogen-bond acceptors (Lipinski definition) is 4. The van der Waals surface area contributed by atoms with Crippen molar-refractivity contribution < 1.29 is 4.79 Å². The van der Waals surface area contributed by atoms with Crippen molar-refractivity contribution in [3.63, 3.8) is 0 Å². The van der Waals surface area contributed by atoms with Crippen LogP contribution in [0.5, 0.6) is 0 Å². The van der Waals surface area contributed by atoms with Crippen LogP contribution in [0.25, 0.3) is 0 Å². The Morgan fingerprint density at radius 2 is 2.22 bits per heavy atom. The van der Waals surface area contributed by atoms with E-state index in [0.717, 1.165) is 37.5 Å². The summed E-state index contributed by atoms with van der Waals surface area (Å²) in [6.07, 6.45) is 3.75. The van der Waals surface area contributed by atoms with Crippen LogP contribution in [0.3, 0.4) is 0 Å². The van der Waals surface area contributed by atoms with E-state index in [1.54, 1.807) is 0 Å². The van der Waals surface area contributed by atoms with Crippen molar-refractivity contribution in [2.24, 2.45) is 7.05 Å². The highest BCUT2D eigenvalue weighted by molar-refractivity contribution is 5.76. The summed E-state index contributed by atoms with van der Waals surface area (Å²) in [7, 11) is 1.95. The van der Waals surface area contributed by atoms with Gasteiger partial charge in [0.05, 0.1) is 6.54 Å². The van der Waals surface area contributed by atoms with E-state index in [-0.39, 0.29) is 5.91 Å². The predicted octanol–water partition coefficient (Wildman–Crippen LogP) is 0.272. The van der Waals surface area contributed by atoms with E-state index in [9.17, 15) is 4.79 Å². The summed E-state index contributed by atoms with van der Waals surface area (Å²) in [5.74, 6) is 2.01. The number of nitrogens with one attached hydrogen (secondary N) is 2. The molecular formula is C12H21N5O. The Hall–Kier alpha value is -1.43. The first-order valence-corrected chi connectivity index (χ1v) is 6.52. The molecule has 1 heterocycles. The summed E-state index contributed by atoms with van der Waals surface area (Å²) < 4.78 is 1.97. The van der Waals surface area contributed by atoms with Crippen LogP contribution in [0.4, 0.5) is 0 Å². The fourth-order valence-corrected chi connectivity index (χ4v) is 1.71. The van der Waals surface area contributed by atoms with E-state index in [4.69, 9.17) is 0 Å². The average molecular weight is 251 g/mol. The Morgan fingerprint density at radius 1 is 1.44 bits per heavy atom. The van der Waals surface area contributed by atoms with Gasteiger partial charge in [0.15, 0.2) is 0 Å². The molecule has 0 saturated heterocycles. The third-order valence-electron chi connectivity index (χ3n) is 3.17. The zero-order chi connectivity index (χ0) is 13.0. The number of hydrogen-bond donors (Lipinski definition) is 2. The van der Waals surface area contributed by atoms with Crippen LogP contribution in [-0.2, 0) is 18.4 Å². The molecule has 2 N–H and O–H groups in total. The third kappa shape index (κ3) is 3.80. The van der Waals surface area contributed by atoms with Gasteiger partial charge in [0.1, 0.15) is 11.6 Å². The van der Waals surface area contributed by atoms with Crippen LogP contribution >= 0.6 is 0 Å². The number of amides is 1. The molecule has 1 aliphatic rings. The van der Waals surface area contributed by atoms with Crippen molar-refractivity contribution in [3.05, 3.63) is 11.6 Å². The molecule has 1 saturated carbocycles. The van der Waals surface area contributed by atoms with Gasteiger partial charge in [-0.25, -0.2) is 0 Å². The third-order valence-corrected chi connectivity index (χ3v) is 3.17. The molecule has 0 bridgehead atoms. The Balaban J connectivity index is 1.55.